The SMILES string of the molecule is Cc1ccc(S(=O)(=O)O)cc1.Fc1ccc(F)c(OC2CC3(CNC3)C2)c1. The first-order valence-corrected chi connectivity index (χ1v) is 9.98. The first-order chi connectivity index (χ1) is 12.7. The van der Waals surface area contributed by atoms with Crippen LogP contribution in [0.4, 0.5) is 8.78 Å². The zero-order valence-corrected chi connectivity index (χ0v) is 15.6. The van der Waals surface area contributed by atoms with E-state index >= 15 is 0 Å². The molecule has 1 aliphatic carbocycles. The predicted octanol–water partition coefficient (Wildman–Crippen LogP) is 3.34. The molecule has 1 spiro atoms. The van der Waals surface area contributed by atoms with Gasteiger partial charge >= 0.3 is 0 Å². The van der Waals surface area contributed by atoms with Gasteiger partial charge in [0.2, 0.25) is 0 Å². The fraction of sp³-hybridized carbons (Fsp3) is 0.368. The normalized spacial score (nSPS) is 18.1. The smallest absolute Gasteiger partial charge is 0.294 e. The van der Waals surface area contributed by atoms with Crippen LogP contribution in [0.3, 0.4) is 0 Å². The second-order valence-corrected chi connectivity index (χ2v) is 8.54. The maximum Gasteiger partial charge on any atom is 0.294 e. The maximum atomic E-state index is 13.3. The quantitative estimate of drug-likeness (QED) is 0.777. The highest BCUT2D eigenvalue weighted by atomic mass is 32.2. The van der Waals surface area contributed by atoms with E-state index in [4.69, 9.17) is 9.29 Å². The maximum absolute atomic E-state index is 13.3. The number of hydrogen-bond donors (Lipinski definition) is 2. The molecule has 1 heterocycles. The van der Waals surface area contributed by atoms with Gasteiger partial charge in [-0.15, -0.1) is 0 Å². The van der Waals surface area contributed by atoms with Crippen molar-refractivity contribution in [2.45, 2.75) is 30.8 Å². The summed E-state index contributed by atoms with van der Waals surface area (Å²) in [7, 11) is -4.02. The number of hydrogen-bond acceptors (Lipinski definition) is 4. The molecular weight excluding hydrogens is 376 g/mol. The van der Waals surface area contributed by atoms with Gasteiger partial charge in [-0.25, -0.2) is 8.78 Å². The minimum Gasteiger partial charge on any atom is -0.487 e. The molecule has 1 aliphatic heterocycles. The van der Waals surface area contributed by atoms with Crippen LogP contribution >= 0.6 is 0 Å². The third kappa shape index (κ3) is 4.82. The van der Waals surface area contributed by atoms with Crippen LogP contribution in [0.5, 0.6) is 5.75 Å². The molecule has 0 atom stereocenters. The largest absolute Gasteiger partial charge is 0.487 e. The number of halogens is 2. The predicted molar refractivity (Wildman–Crippen MR) is 96.3 cm³/mol. The van der Waals surface area contributed by atoms with Crippen LogP contribution in [0.15, 0.2) is 47.4 Å². The highest BCUT2D eigenvalue weighted by Crippen LogP contribution is 2.46. The summed E-state index contributed by atoms with van der Waals surface area (Å²) in [4.78, 5) is -0.0666. The topological polar surface area (TPSA) is 75.6 Å². The molecule has 0 aromatic heterocycles. The van der Waals surface area contributed by atoms with Gasteiger partial charge in [0.25, 0.3) is 10.1 Å². The van der Waals surface area contributed by atoms with Crippen LogP contribution in [0.25, 0.3) is 0 Å². The number of nitrogens with one attached hydrogen (secondary N) is 1. The highest BCUT2D eigenvalue weighted by molar-refractivity contribution is 7.85. The summed E-state index contributed by atoms with van der Waals surface area (Å²) < 4.78 is 61.2. The first kappa shape index (κ1) is 19.7. The Morgan fingerprint density at radius 1 is 1.11 bits per heavy atom. The van der Waals surface area contributed by atoms with Crippen molar-refractivity contribution in [2.75, 3.05) is 13.1 Å². The molecular formula is C19H21F2NO4S. The van der Waals surface area contributed by atoms with E-state index < -0.39 is 21.8 Å². The summed E-state index contributed by atoms with van der Waals surface area (Å²) in [6.07, 6.45) is 1.92. The summed E-state index contributed by atoms with van der Waals surface area (Å²) in [6.45, 7) is 3.89. The Hall–Kier alpha value is -2.03. The zero-order valence-electron chi connectivity index (χ0n) is 14.8. The fourth-order valence-electron chi connectivity index (χ4n) is 3.21. The zero-order chi connectivity index (χ0) is 19.7. The Bertz CT molecular complexity index is 904. The average Bonchev–Trinajstić information content (AvgIpc) is 2.52. The molecule has 27 heavy (non-hydrogen) atoms. The van der Waals surface area contributed by atoms with E-state index in [2.05, 4.69) is 5.32 Å². The van der Waals surface area contributed by atoms with Crippen molar-refractivity contribution in [1.29, 1.82) is 0 Å². The van der Waals surface area contributed by atoms with E-state index in [0.29, 0.717) is 5.41 Å². The van der Waals surface area contributed by atoms with Gasteiger partial charge in [0.15, 0.2) is 11.6 Å². The van der Waals surface area contributed by atoms with Gasteiger partial charge in [-0.1, -0.05) is 17.7 Å². The van der Waals surface area contributed by atoms with E-state index in [9.17, 15) is 17.2 Å². The molecule has 8 heteroatoms. The number of aryl methyl sites for hydroxylation is 1. The number of rotatable bonds is 3. The summed E-state index contributed by atoms with van der Waals surface area (Å²) in [5.41, 5.74) is 1.34. The molecule has 2 aliphatic rings. The summed E-state index contributed by atoms with van der Waals surface area (Å²) in [5.74, 6) is -0.919. The molecule has 0 radical (unpaired) electrons. The average molecular weight is 397 g/mol. The van der Waals surface area contributed by atoms with E-state index in [0.717, 1.165) is 49.7 Å². The molecule has 0 unspecified atom stereocenters. The molecule has 1 saturated carbocycles. The van der Waals surface area contributed by atoms with Crippen molar-refractivity contribution in [3.8, 4) is 5.75 Å². The Morgan fingerprint density at radius 3 is 2.26 bits per heavy atom. The molecule has 146 valence electrons. The van der Waals surface area contributed by atoms with E-state index in [1.165, 1.54) is 12.1 Å². The van der Waals surface area contributed by atoms with Crippen molar-refractivity contribution in [3.63, 3.8) is 0 Å². The Kier molecular flexibility index (Phi) is 5.50. The summed E-state index contributed by atoms with van der Waals surface area (Å²) in [5, 5.41) is 3.22. The van der Waals surface area contributed by atoms with Crippen LogP contribution in [0.2, 0.25) is 0 Å². The van der Waals surface area contributed by atoms with Crippen molar-refractivity contribution in [2.24, 2.45) is 5.41 Å². The van der Waals surface area contributed by atoms with Crippen LogP contribution in [-0.4, -0.2) is 32.2 Å². The van der Waals surface area contributed by atoms with Gasteiger partial charge in [0.05, 0.1) is 4.90 Å². The minimum absolute atomic E-state index is 0.0344. The third-order valence-electron chi connectivity index (χ3n) is 4.83. The lowest BCUT2D eigenvalue weighted by Gasteiger charge is -2.53. The fourth-order valence-corrected chi connectivity index (χ4v) is 3.69. The van der Waals surface area contributed by atoms with Crippen LogP contribution in [0, 0.1) is 24.0 Å². The molecule has 2 fully saturated rings. The van der Waals surface area contributed by atoms with Gasteiger partial charge in [-0.05, 0) is 44.0 Å². The highest BCUT2D eigenvalue weighted by Gasteiger charge is 2.49. The van der Waals surface area contributed by atoms with Gasteiger partial charge < -0.3 is 10.1 Å². The Labute approximate surface area is 157 Å². The third-order valence-corrected chi connectivity index (χ3v) is 5.69. The van der Waals surface area contributed by atoms with Crippen molar-refractivity contribution >= 4 is 10.1 Å². The van der Waals surface area contributed by atoms with Gasteiger partial charge in [0.1, 0.15) is 11.9 Å². The van der Waals surface area contributed by atoms with Crippen LogP contribution in [0.1, 0.15) is 18.4 Å². The van der Waals surface area contributed by atoms with Gasteiger partial charge in [0, 0.05) is 24.6 Å². The molecule has 0 bridgehead atoms. The molecule has 4 rings (SSSR count). The van der Waals surface area contributed by atoms with E-state index in [1.807, 2.05) is 6.92 Å². The van der Waals surface area contributed by atoms with Crippen molar-refractivity contribution < 1.29 is 26.5 Å². The van der Waals surface area contributed by atoms with Crippen LogP contribution in [-0.2, 0) is 10.1 Å². The van der Waals surface area contributed by atoms with E-state index in [-0.39, 0.29) is 16.7 Å². The Morgan fingerprint density at radius 2 is 1.74 bits per heavy atom. The lowest BCUT2D eigenvalue weighted by Crippen LogP contribution is -2.62. The Balaban J connectivity index is 0.000000168. The molecule has 5 nitrogen and oxygen atoms in total. The lowest BCUT2D eigenvalue weighted by atomic mass is 9.63. The molecule has 1 saturated heterocycles. The second kappa shape index (κ2) is 7.53. The number of ether oxygens (including phenoxy) is 1. The summed E-state index contributed by atoms with van der Waals surface area (Å²) in [6, 6.07) is 9.30. The van der Waals surface area contributed by atoms with Crippen molar-refractivity contribution in [1.82, 2.24) is 5.32 Å². The second-order valence-electron chi connectivity index (χ2n) is 7.11. The van der Waals surface area contributed by atoms with Crippen molar-refractivity contribution in [3.05, 3.63) is 59.7 Å². The van der Waals surface area contributed by atoms with Gasteiger partial charge in [-0.3, -0.25) is 4.55 Å². The first-order valence-electron chi connectivity index (χ1n) is 8.54. The monoisotopic (exact) mass is 397 g/mol. The molecule has 2 aromatic rings. The van der Waals surface area contributed by atoms with E-state index in [1.54, 1.807) is 12.1 Å². The molecule has 0 amide bonds. The standard InChI is InChI=1S/C12H13F2NO.C7H8O3S/c13-8-1-2-10(14)11(3-8)16-9-4-12(5-9)6-15-7-12;1-6-2-4-7(5-3-6)11(8,9)10/h1-3,9,15H,4-7H2;2-5H,1H3,(H,8,9,10). The molecule has 2 N–H and O–H groups in total. The minimum atomic E-state index is -4.02. The van der Waals surface area contributed by atoms with Crippen LogP contribution < -0.4 is 10.1 Å². The lowest BCUT2D eigenvalue weighted by molar-refractivity contribution is -0.0510. The van der Waals surface area contributed by atoms with Gasteiger partial charge in [-0.2, -0.15) is 8.42 Å². The summed E-state index contributed by atoms with van der Waals surface area (Å²) >= 11 is 0. The number of benzene rings is 2. The molecule has 2 aromatic carbocycles.